The lowest BCUT2D eigenvalue weighted by atomic mass is 10.2. The van der Waals surface area contributed by atoms with E-state index in [-0.39, 0.29) is 0 Å². The van der Waals surface area contributed by atoms with Crippen molar-refractivity contribution < 1.29 is 4.52 Å². The molecule has 0 spiro atoms. The summed E-state index contributed by atoms with van der Waals surface area (Å²) in [7, 11) is 1.83. The standard InChI is InChI=1S/C14H25N5O/c1-4-18(5-2)13-6-8-19(11-13)14(15-3)16-10-12-7-9-20-17-12/h7,9,13H,4-6,8,10-11H2,1-3H3,(H,15,16). The summed E-state index contributed by atoms with van der Waals surface area (Å²) in [5, 5.41) is 7.24. The molecule has 0 radical (unpaired) electrons. The molecule has 0 bridgehead atoms. The van der Waals surface area contributed by atoms with Crippen LogP contribution in [0.5, 0.6) is 0 Å². The molecule has 1 aliphatic heterocycles. The Balaban J connectivity index is 1.86. The van der Waals surface area contributed by atoms with Crippen molar-refractivity contribution in [3.63, 3.8) is 0 Å². The van der Waals surface area contributed by atoms with Crippen molar-refractivity contribution in [1.82, 2.24) is 20.3 Å². The summed E-state index contributed by atoms with van der Waals surface area (Å²) in [5.41, 5.74) is 0.894. The predicted octanol–water partition coefficient (Wildman–Crippen LogP) is 1.17. The SMILES string of the molecule is CCN(CC)C1CCN(C(=NC)NCc2ccon2)C1. The number of aliphatic imine (C=N–C) groups is 1. The van der Waals surface area contributed by atoms with Gasteiger partial charge in [0.05, 0.1) is 6.54 Å². The van der Waals surface area contributed by atoms with Gasteiger partial charge in [-0.15, -0.1) is 0 Å². The molecule has 6 nitrogen and oxygen atoms in total. The number of guanidine groups is 1. The summed E-state index contributed by atoms with van der Waals surface area (Å²) < 4.78 is 4.83. The fourth-order valence-electron chi connectivity index (χ4n) is 2.80. The molecule has 6 heteroatoms. The van der Waals surface area contributed by atoms with Gasteiger partial charge in [0.1, 0.15) is 12.0 Å². The zero-order chi connectivity index (χ0) is 14.4. The summed E-state index contributed by atoms with van der Waals surface area (Å²) in [6.45, 7) is 9.42. The van der Waals surface area contributed by atoms with E-state index in [9.17, 15) is 0 Å². The lowest BCUT2D eigenvalue weighted by Crippen LogP contribution is -2.43. The molecule has 0 aromatic carbocycles. The maximum Gasteiger partial charge on any atom is 0.194 e. The molecule has 1 fully saturated rings. The zero-order valence-electron chi connectivity index (χ0n) is 12.7. The van der Waals surface area contributed by atoms with Gasteiger partial charge < -0.3 is 14.7 Å². The third-order valence-electron chi connectivity index (χ3n) is 3.92. The summed E-state index contributed by atoms with van der Waals surface area (Å²) in [4.78, 5) is 9.21. The van der Waals surface area contributed by atoms with Crippen LogP contribution < -0.4 is 5.32 Å². The van der Waals surface area contributed by atoms with E-state index in [1.807, 2.05) is 13.1 Å². The lowest BCUT2D eigenvalue weighted by Gasteiger charge is -2.27. The van der Waals surface area contributed by atoms with Gasteiger partial charge in [0.2, 0.25) is 0 Å². The Hall–Kier alpha value is -1.56. The second-order valence-corrected chi connectivity index (χ2v) is 5.00. The van der Waals surface area contributed by atoms with Crippen LogP contribution in [0.1, 0.15) is 26.0 Å². The van der Waals surface area contributed by atoms with E-state index in [0.29, 0.717) is 12.6 Å². The summed E-state index contributed by atoms with van der Waals surface area (Å²) >= 11 is 0. The molecule has 1 aromatic rings. The minimum absolute atomic E-state index is 0.635. The van der Waals surface area contributed by atoms with Gasteiger partial charge in [-0.05, 0) is 19.5 Å². The number of hydrogen-bond donors (Lipinski definition) is 1. The molecular weight excluding hydrogens is 254 g/mol. The van der Waals surface area contributed by atoms with Crippen molar-refractivity contribution >= 4 is 5.96 Å². The van der Waals surface area contributed by atoms with Gasteiger partial charge in [0.15, 0.2) is 5.96 Å². The predicted molar refractivity (Wildman–Crippen MR) is 79.6 cm³/mol. The van der Waals surface area contributed by atoms with Crippen LogP contribution in [0.15, 0.2) is 21.8 Å². The van der Waals surface area contributed by atoms with Gasteiger partial charge in [-0.3, -0.25) is 9.89 Å². The van der Waals surface area contributed by atoms with E-state index >= 15 is 0 Å². The number of nitrogens with zero attached hydrogens (tertiary/aromatic N) is 4. The lowest BCUT2D eigenvalue weighted by molar-refractivity contribution is 0.223. The fourth-order valence-corrected chi connectivity index (χ4v) is 2.80. The van der Waals surface area contributed by atoms with Crippen molar-refractivity contribution in [2.24, 2.45) is 4.99 Å². The highest BCUT2D eigenvalue weighted by molar-refractivity contribution is 5.80. The number of hydrogen-bond acceptors (Lipinski definition) is 4. The third kappa shape index (κ3) is 3.50. The van der Waals surface area contributed by atoms with E-state index in [4.69, 9.17) is 4.52 Å². The van der Waals surface area contributed by atoms with E-state index in [1.54, 1.807) is 6.26 Å². The first-order valence-corrected chi connectivity index (χ1v) is 7.37. The maximum absolute atomic E-state index is 4.83. The molecule has 1 N–H and O–H groups in total. The topological polar surface area (TPSA) is 56.9 Å². The number of aromatic nitrogens is 1. The van der Waals surface area contributed by atoms with Crippen molar-refractivity contribution in [3.8, 4) is 0 Å². The number of rotatable bonds is 5. The quantitative estimate of drug-likeness (QED) is 0.647. The van der Waals surface area contributed by atoms with Gasteiger partial charge in [-0.2, -0.15) is 0 Å². The fraction of sp³-hybridized carbons (Fsp3) is 0.714. The molecule has 0 saturated carbocycles. The summed E-state index contributed by atoms with van der Waals surface area (Å²) in [6, 6.07) is 2.50. The number of likely N-dealkylation sites (tertiary alicyclic amines) is 1. The second-order valence-electron chi connectivity index (χ2n) is 5.00. The van der Waals surface area contributed by atoms with Crippen LogP contribution >= 0.6 is 0 Å². The molecule has 1 unspecified atom stereocenters. The highest BCUT2D eigenvalue weighted by atomic mass is 16.5. The molecule has 1 aliphatic rings. The number of nitrogens with one attached hydrogen (secondary N) is 1. The minimum atomic E-state index is 0.635. The van der Waals surface area contributed by atoms with Crippen LogP contribution in [0.25, 0.3) is 0 Å². The Morgan fingerprint density at radius 3 is 2.95 bits per heavy atom. The van der Waals surface area contributed by atoms with Gasteiger partial charge in [-0.1, -0.05) is 19.0 Å². The van der Waals surface area contributed by atoms with Crippen LogP contribution in [0.3, 0.4) is 0 Å². The minimum Gasteiger partial charge on any atom is -0.364 e. The van der Waals surface area contributed by atoms with Gasteiger partial charge in [-0.25, -0.2) is 0 Å². The van der Waals surface area contributed by atoms with Crippen molar-refractivity contribution in [1.29, 1.82) is 0 Å². The molecule has 20 heavy (non-hydrogen) atoms. The molecule has 2 heterocycles. The van der Waals surface area contributed by atoms with Gasteiger partial charge in [0.25, 0.3) is 0 Å². The molecule has 1 aromatic heterocycles. The highest BCUT2D eigenvalue weighted by Gasteiger charge is 2.27. The summed E-state index contributed by atoms with van der Waals surface area (Å²) in [5.74, 6) is 0.947. The molecule has 0 amide bonds. The van der Waals surface area contributed by atoms with Crippen LogP contribution in [0, 0.1) is 0 Å². The highest BCUT2D eigenvalue weighted by Crippen LogP contribution is 2.15. The molecule has 112 valence electrons. The number of likely N-dealkylation sites (N-methyl/N-ethyl adjacent to an activating group) is 1. The monoisotopic (exact) mass is 279 g/mol. The Morgan fingerprint density at radius 2 is 2.35 bits per heavy atom. The first-order chi connectivity index (χ1) is 9.78. The van der Waals surface area contributed by atoms with Crippen molar-refractivity contribution in [2.75, 3.05) is 33.2 Å². The third-order valence-corrected chi connectivity index (χ3v) is 3.92. The smallest absolute Gasteiger partial charge is 0.194 e. The summed E-state index contributed by atoms with van der Waals surface area (Å²) in [6.07, 6.45) is 2.79. The zero-order valence-corrected chi connectivity index (χ0v) is 12.7. The largest absolute Gasteiger partial charge is 0.364 e. The van der Waals surface area contributed by atoms with Gasteiger partial charge in [0, 0.05) is 32.2 Å². The molecule has 0 aliphatic carbocycles. The first-order valence-electron chi connectivity index (χ1n) is 7.37. The van der Waals surface area contributed by atoms with Crippen LogP contribution in [-0.2, 0) is 6.54 Å². The van der Waals surface area contributed by atoms with Crippen molar-refractivity contribution in [3.05, 3.63) is 18.0 Å². The average molecular weight is 279 g/mol. The van der Waals surface area contributed by atoms with E-state index in [1.165, 1.54) is 6.42 Å². The normalized spacial score (nSPS) is 19.9. The van der Waals surface area contributed by atoms with Crippen molar-refractivity contribution in [2.45, 2.75) is 32.9 Å². The second kappa shape index (κ2) is 7.28. The van der Waals surface area contributed by atoms with Crippen LogP contribution in [0.2, 0.25) is 0 Å². The van der Waals surface area contributed by atoms with E-state index < -0.39 is 0 Å². The molecule has 2 rings (SSSR count). The molecule has 1 atom stereocenters. The van der Waals surface area contributed by atoms with Crippen LogP contribution in [-0.4, -0.2) is 60.2 Å². The molecular formula is C14H25N5O. The van der Waals surface area contributed by atoms with Gasteiger partial charge >= 0.3 is 0 Å². The Morgan fingerprint density at radius 1 is 1.55 bits per heavy atom. The van der Waals surface area contributed by atoms with E-state index in [2.05, 4.69) is 39.1 Å². The molecule has 1 saturated heterocycles. The van der Waals surface area contributed by atoms with Crippen LogP contribution in [0.4, 0.5) is 0 Å². The Bertz CT molecular complexity index is 413. The average Bonchev–Trinajstić information content (AvgIpc) is 3.13. The maximum atomic E-state index is 4.83. The first kappa shape index (κ1) is 14.8. The Kier molecular flexibility index (Phi) is 5.40. The Labute approximate surface area is 120 Å². The van der Waals surface area contributed by atoms with E-state index in [0.717, 1.165) is 37.8 Å².